The van der Waals surface area contributed by atoms with Crippen LogP contribution in [-0.2, 0) is 7.05 Å². The van der Waals surface area contributed by atoms with Crippen molar-refractivity contribution in [2.24, 2.45) is 7.05 Å². The molecule has 1 aliphatic heterocycles. The molecule has 4 rings (SSSR count). The molecule has 4 heterocycles. The van der Waals surface area contributed by atoms with Crippen LogP contribution in [0.2, 0.25) is 0 Å². The number of likely N-dealkylation sites (tertiary alicyclic amines) is 1. The summed E-state index contributed by atoms with van der Waals surface area (Å²) in [5, 5.41) is 5.33. The molecular weight excluding hydrogens is 352 g/mol. The maximum Gasteiger partial charge on any atom is 0.254 e. The van der Waals surface area contributed by atoms with Crippen molar-refractivity contribution in [3.63, 3.8) is 0 Å². The zero-order valence-electron chi connectivity index (χ0n) is 17.3. The van der Waals surface area contributed by atoms with Crippen LogP contribution in [0.5, 0.6) is 0 Å². The lowest BCUT2D eigenvalue weighted by Gasteiger charge is -2.32. The average Bonchev–Trinajstić information content (AvgIpc) is 3.26. The third kappa shape index (κ3) is 3.08. The monoisotopic (exact) mass is 380 g/mol. The summed E-state index contributed by atoms with van der Waals surface area (Å²) in [6.45, 7) is 9.71. The maximum absolute atomic E-state index is 13.3. The zero-order chi connectivity index (χ0) is 20.0. The number of carbonyl (C=O) groups excluding carboxylic acids is 1. The summed E-state index contributed by atoms with van der Waals surface area (Å²) < 4.78 is 4.00. The fraction of sp³-hybridized carbons (Fsp3) is 0.524. The first-order valence-electron chi connectivity index (χ1n) is 9.99. The Balaban J connectivity index is 1.57. The normalized spacial score (nSPS) is 15.7. The zero-order valence-corrected chi connectivity index (χ0v) is 17.3. The van der Waals surface area contributed by atoms with Crippen molar-refractivity contribution in [2.45, 2.75) is 52.5 Å². The van der Waals surface area contributed by atoms with Crippen molar-refractivity contribution in [1.29, 1.82) is 0 Å². The first-order chi connectivity index (χ1) is 13.4. The Morgan fingerprint density at radius 3 is 2.61 bits per heavy atom. The van der Waals surface area contributed by atoms with Gasteiger partial charge in [-0.1, -0.05) is 0 Å². The molecule has 1 fully saturated rings. The van der Waals surface area contributed by atoms with Crippen LogP contribution in [0, 0.1) is 13.8 Å². The highest BCUT2D eigenvalue weighted by atomic mass is 16.2. The van der Waals surface area contributed by atoms with E-state index in [-0.39, 0.29) is 5.91 Å². The highest BCUT2D eigenvalue weighted by Gasteiger charge is 2.29. The summed E-state index contributed by atoms with van der Waals surface area (Å²) in [4.78, 5) is 24.5. The van der Waals surface area contributed by atoms with Crippen LogP contribution < -0.4 is 0 Å². The first-order valence-corrected chi connectivity index (χ1v) is 9.99. The van der Waals surface area contributed by atoms with Gasteiger partial charge in [0.25, 0.3) is 5.91 Å². The van der Waals surface area contributed by atoms with Gasteiger partial charge in [0.1, 0.15) is 5.82 Å². The molecular formula is C21H28N6O. The van der Waals surface area contributed by atoms with Gasteiger partial charge in [-0.2, -0.15) is 5.10 Å². The fourth-order valence-electron chi connectivity index (χ4n) is 4.33. The molecule has 1 saturated heterocycles. The number of rotatable bonds is 3. The molecule has 28 heavy (non-hydrogen) atoms. The summed E-state index contributed by atoms with van der Waals surface area (Å²) in [6, 6.07) is 2.30. The van der Waals surface area contributed by atoms with Crippen LogP contribution in [0.3, 0.4) is 0 Å². The molecule has 0 N–H and O–H groups in total. The summed E-state index contributed by atoms with van der Waals surface area (Å²) in [5.41, 5.74) is 3.18. The topological polar surface area (TPSA) is 68.8 Å². The molecule has 0 aliphatic carbocycles. The predicted octanol–water partition coefficient (Wildman–Crippen LogP) is 3.38. The lowest BCUT2D eigenvalue weighted by molar-refractivity contribution is 0.0711. The Bertz CT molecular complexity index is 1020. The molecule has 0 aromatic carbocycles. The van der Waals surface area contributed by atoms with E-state index in [1.54, 1.807) is 4.68 Å². The van der Waals surface area contributed by atoms with Crippen molar-refractivity contribution in [1.82, 2.24) is 29.2 Å². The smallest absolute Gasteiger partial charge is 0.254 e. The van der Waals surface area contributed by atoms with E-state index in [1.165, 1.54) is 0 Å². The molecule has 1 amide bonds. The summed E-state index contributed by atoms with van der Waals surface area (Å²) in [5.74, 6) is 1.63. The van der Waals surface area contributed by atoms with Gasteiger partial charge in [0.05, 0.1) is 16.6 Å². The lowest BCUT2D eigenvalue weighted by Crippen LogP contribution is -2.38. The second kappa shape index (κ2) is 7.04. The highest BCUT2D eigenvalue weighted by molar-refractivity contribution is 6.06. The van der Waals surface area contributed by atoms with Crippen molar-refractivity contribution < 1.29 is 4.79 Å². The van der Waals surface area contributed by atoms with Crippen LogP contribution in [0.4, 0.5) is 0 Å². The molecule has 7 nitrogen and oxygen atoms in total. The molecule has 0 radical (unpaired) electrons. The number of hydrogen-bond acceptors (Lipinski definition) is 4. The number of amides is 1. The summed E-state index contributed by atoms with van der Waals surface area (Å²) in [7, 11) is 1.87. The number of aryl methyl sites for hydroxylation is 3. The van der Waals surface area contributed by atoms with E-state index in [2.05, 4.69) is 39.7 Å². The lowest BCUT2D eigenvalue weighted by atomic mass is 9.95. The minimum absolute atomic E-state index is 0.0808. The molecule has 148 valence electrons. The van der Waals surface area contributed by atoms with E-state index in [0.717, 1.165) is 59.7 Å². The van der Waals surface area contributed by atoms with Crippen LogP contribution in [0.25, 0.3) is 11.0 Å². The van der Waals surface area contributed by atoms with Crippen molar-refractivity contribution in [3.05, 3.63) is 41.2 Å². The maximum atomic E-state index is 13.3. The van der Waals surface area contributed by atoms with Crippen LogP contribution in [-0.4, -0.2) is 48.2 Å². The number of piperidine rings is 1. The predicted molar refractivity (Wildman–Crippen MR) is 108 cm³/mol. The number of aromatic nitrogens is 5. The third-order valence-corrected chi connectivity index (χ3v) is 5.73. The van der Waals surface area contributed by atoms with Gasteiger partial charge in [-0.05, 0) is 46.6 Å². The van der Waals surface area contributed by atoms with E-state index < -0.39 is 0 Å². The Labute approximate surface area is 165 Å². The third-order valence-electron chi connectivity index (χ3n) is 5.73. The van der Waals surface area contributed by atoms with Gasteiger partial charge < -0.3 is 9.47 Å². The van der Waals surface area contributed by atoms with Gasteiger partial charge in [0.2, 0.25) is 0 Å². The van der Waals surface area contributed by atoms with Crippen molar-refractivity contribution in [2.75, 3.05) is 13.1 Å². The number of pyridine rings is 1. The molecule has 3 aromatic rings. The van der Waals surface area contributed by atoms with Gasteiger partial charge >= 0.3 is 0 Å². The van der Waals surface area contributed by atoms with Crippen molar-refractivity contribution in [3.8, 4) is 0 Å². The number of nitrogens with zero attached hydrogens (tertiary/aromatic N) is 6. The minimum atomic E-state index is 0.0808. The van der Waals surface area contributed by atoms with Gasteiger partial charge in [0, 0.05) is 50.2 Å². The molecule has 1 aliphatic rings. The molecule has 0 bridgehead atoms. The second-order valence-corrected chi connectivity index (χ2v) is 8.07. The summed E-state index contributed by atoms with van der Waals surface area (Å²) in [6.07, 6.45) is 5.82. The van der Waals surface area contributed by atoms with Gasteiger partial charge in [0.15, 0.2) is 5.65 Å². The Morgan fingerprint density at radius 2 is 1.93 bits per heavy atom. The highest BCUT2D eigenvalue weighted by Crippen LogP contribution is 2.30. The van der Waals surface area contributed by atoms with Crippen molar-refractivity contribution >= 4 is 16.9 Å². The first kappa shape index (κ1) is 18.7. The largest absolute Gasteiger partial charge is 0.339 e. The van der Waals surface area contributed by atoms with E-state index in [9.17, 15) is 4.79 Å². The Morgan fingerprint density at radius 1 is 1.21 bits per heavy atom. The number of carbonyl (C=O) groups is 1. The minimum Gasteiger partial charge on any atom is -0.339 e. The van der Waals surface area contributed by atoms with Crippen LogP contribution in [0.1, 0.15) is 66.2 Å². The van der Waals surface area contributed by atoms with Crippen LogP contribution in [0.15, 0.2) is 18.5 Å². The van der Waals surface area contributed by atoms with E-state index in [1.807, 2.05) is 38.1 Å². The number of imidazole rings is 1. The molecule has 0 spiro atoms. The molecule has 7 heteroatoms. The average molecular weight is 380 g/mol. The Hall–Kier alpha value is -2.70. The molecule has 0 saturated carbocycles. The van der Waals surface area contributed by atoms with E-state index >= 15 is 0 Å². The standard InChI is InChI=1S/C21H28N6O/c1-13(2)27-11-8-22-19(27)16-6-9-26(10-7-16)21(28)17-12-14(3)23-20-18(17)15(4)24-25(20)5/h8,11-13,16H,6-7,9-10H2,1-5H3. The molecule has 3 aromatic heterocycles. The number of fused-ring (bicyclic) bond motifs is 1. The molecule has 0 unspecified atom stereocenters. The molecule has 0 atom stereocenters. The quantitative estimate of drug-likeness (QED) is 0.698. The summed E-state index contributed by atoms with van der Waals surface area (Å²) >= 11 is 0. The van der Waals surface area contributed by atoms with Gasteiger partial charge in [-0.15, -0.1) is 0 Å². The van der Waals surface area contributed by atoms with Gasteiger partial charge in [-0.3, -0.25) is 9.48 Å². The van der Waals surface area contributed by atoms with Gasteiger partial charge in [-0.25, -0.2) is 9.97 Å². The fourth-order valence-corrected chi connectivity index (χ4v) is 4.33. The van der Waals surface area contributed by atoms with E-state index in [0.29, 0.717) is 12.0 Å². The SMILES string of the molecule is Cc1cc(C(=O)N2CCC(c3nccn3C(C)C)CC2)c2c(C)nn(C)c2n1. The van der Waals surface area contributed by atoms with E-state index in [4.69, 9.17) is 0 Å². The second-order valence-electron chi connectivity index (χ2n) is 8.07. The van der Waals surface area contributed by atoms with Crippen LogP contribution >= 0.6 is 0 Å². The Kier molecular flexibility index (Phi) is 4.69. The number of hydrogen-bond donors (Lipinski definition) is 0.